The van der Waals surface area contributed by atoms with E-state index in [9.17, 15) is 18.0 Å². The van der Waals surface area contributed by atoms with Gasteiger partial charge in [-0.1, -0.05) is 6.07 Å². The van der Waals surface area contributed by atoms with E-state index in [1.807, 2.05) is 0 Å². The summed E-state index contributed by atoms with van der Waals surface area (Å²) in [6.07, 6.45) is -2.49. The molecule has 0 fully saturated rings. The van der Waals surface area contributed by atoms with Crippen molar-refractivity contribution in [2.45, 2.75) is 25.9 Å². The molecule has 15 heavy (non-hydrogen) atoms. The molecule has 0 N–H and O–H groups in total. The predicted octanol–water partition coefficient (Wildman–Crippen LogP) is 2.62. The van der Waals surface area contributed by atoms with Crippen LogP contribution in [0.25, 0.3) is 0 Å². The zero-order chi connectivity index (χ0) is 11.5. The lowest BCUT2D eigenvalue weighted by atomic mass is 10.1. The topological polar surface area (TPSA) is 30.0 Å². The lowest BCUT2D eigenvalue weighted by Gasteiger charge is -2.05. The lowest BCUT2D eigenvalue weighted by Crippen LogP contribution is -2.07. The molecule has 0 amide bonds. The Hall–Kier alpha value is -1.39. The summed E-state index contributed by atoms with van der Waals surface area (Å²) in [4.78, 5) is 13.9. The standard InChI is InChI=1S/C10H10F3NO/c1-7(15)2-3-8-4-5-9(14-6-8)10(11,12)13/h4-6H,2-3H2,1H3. The molecular formula is C10H10F3NO. The summed E-state index contributed by atoms with van der Waals surface area (Å²) in [5.41, 5.74) is -0.271. The molecule has 5 heteroatoms. The van der Waals surface area contributed by atoms with Crippen LogP contribution in [0.1, 0.15) is 24.6 Å². The highest BCUT2D eigenvalue weighted by molar-refractivity contribution is 5.75. The van der Waals surface area contributed by atoms with Crippen LogP contribution in [-0.2, 0) is 17.4 Å². The second kappa shape index (κ2) is 4.42. The second-order valence-corrected chi connectivity index (χ2v) is 3.25. The highest BCUT2D eigenvalue weighted by Crippen LogP contribution is 2.27. The summed E-state index contributed by atoms with van der Waals surface area (Å²) in [7, 11) is 0. The van der Waals surface area contributed by atoms with Crippen LogP contribution in [-0.4, -0.2) is 10.8 Å². The highest BCUT2D eigenvalue weighted by atomic mass is 19.4. The van der Waals surface area contributed by atoms with Crippen molar-refractivity contribution in [2.75, 3.05) is 0 Å². The van der Waals surface area contributed by atoms with E-state index < -0.39 is 11.9 Å². The number of nitrogens with zero attached hydrogens (tertiary/aromatic N) is 1. The molecule has 0 aliphatic rings. The van der Waals surface area contributed by atoms with E-state index in [0.717, 1.165) is 12.3 Å². The minimum atomic E-state index is -4.40. The van der Waals surface area contributed by atoms with Gasteiger partial charge in [-0.15, -0.1) is 0 Å². The minimum Gasteiger partial charge on any atom is -0.300 e. The number of pyridine rings is 1. The second-order valence-electron chi connectivity index (χ2n) is 3.25. The van der Waals surface area contributed by atoms with Gasteiger partial charge in [-0.25, -0.2) is 0 Å². The Morgan fingerprint density at radius 3 is 2.47 bits per heavy atom. The van der Waals surface area contributed by atoms with Crippen LogP contribution in [0.15, 0.2) is 18.3 Å². The largest absolute Gasteiger partial charge is 0.433 e. The van der Waals surface area contributed by atoms with Gasteiger partial charge in [0.1, 0.15) is 11.5 Å². The average molecular weight is 217 g/mol. The van der Waals surface area contributed by atoms with Gasteiger partial charge < -0.3 is 4.79 Å². The van der Waals surface area contributed by atoms with Crippen LogP contribution in [0.5, 0.6) is 0 Å². The first-order valence-electron chi connectivity index (χ1n) is 4.41. The number of Topliss-reactive ketones (excluding diaryl/α,β-unsaturated/α-hetero) is 1. The van der Waals surface area contributed by atoms with Crippen molar-refractivity contribution in [3.63, 3.8) is 0 Å². The van der Waals surface area contributed by atoms with Gasteiger partial charge in [0.2, 0.25) is 0 Å². The number of halogens is 3. The molecule has 0 aliphatic carbocycles. The zero-order valence-electron chi connectivity index (χ0n) is 8.14. The molecule has 0 saturated carbocycles. The molecule has 1 rings (SSSR count). The number of alkyl halides is 3. The Morgan fingerprint density at radius 2 is 2.07 bits per heavy atom. The van der Waals surface area contributed by atoms with Crippen LogP contribution in [0.2, 0.25) is 0 Å². The fraction of sp³-hybridized carbons (Fsp3) is 0.400. The lowest BCUT2D eigenvalue weighted by molar-refractivity contribution is -0.141. The van der Waals surface area contributed by atoms with E-state index >= 15 is 0 Å². The third kappa shape index (κ3) is 3.69. The van der Waals surface area contributed by atoms with Gasteiger partial charge >= 0.3 is 6.18 Å². The number of hydrogen-bond acceptors (Lipinski definition) is 2. The summed E-state index contributed by atoms with van der Waals surface area (Å²) in [5, 5.41) is 0. The number of aryl methyl sites for hydroxylation is 1. The molecule has 0 saturated heterocycles. The molecule has 0 radical (unpaired) electrons. The first-order chi connectivity index (χ1) is 6.89. The molecule has 0 atom stereocenters. The van der Waals surface area contributed by atoms with Gasteiger partial charge in [0.05, 0.1) is 0 Å². The highest BCUT2D eigenvalue weighted by Gasteiger charge is 2.31. The fourth-order valence-corrected chi connectivity index (χ4v) is 1.06. The number of ketones is 1. The van der Waals surface area contributed by atoms with Gasteiger partial charge in [-0.3, -0.25) is 4.98 Å². The van der Waals surface area contributed by atoms with Gasteiger partial charge in [0, 0.05) is 12.6 Å². The van der Waals surface area contributed by atoms with E-state index in [2.05, 4.69) is 4.98 Å². The fourth-order valence-electron chi connectivity index (χ4n) is 1.06. The van der Waals surface area contributed by atoms with Crippen LogP contribution in [0.4, 0.5) is 13.2 Å². The Balaban J connectivity index is 2.69. The number of carbonyl (C=O) groups excluding carboxylic acids is 1. The normalized spacial score (nSPS) is 11.5. The molecule has 1 heterocycles. The third-order valence-electron chi connectivity index (χ3n) is 1.88. The summed E-state index contributed by atoms with van der Waals surface area (Å²) in [5.74, 6) is 0.00916. The Morgan fingerprint density at radius 1 is 1.40 bits per heavy atom. The molecule has 1 aromatic rings. The molecule has 0 spiro atoms. The predicted molar refractivity (Wildman–Crippen MR) is 48.2 cm³/mol. The van der Waals surface area contributed by atoms with Crippen LogP contribution in [0, 0.1) is 0 Å². The van der Waals surface area contributed by atoms with Crippen molar-refractivity contribution in [2.24, 2.45) is 0 Å². The molecule has 0 aliphatic heterocycles. The quantitative estimate of drug-likeness (QED) is 0.778. The maximum absolute atomic E-state index is 12.1. The van der Waals surface area contributed by atoms with Crippen molar-refractivity contribution in [3.8, 4) is 0 Å². The van der Waals surface area contributed by atoms with Crippen molar-refractivity contribution < 1.29 is 18.0 Å². The number of aromatic nitrogens is 1. The van der Waals surface area contributed by atoms with Gasteiger partial charge in [-0.2, -0.15) is 13.2 Å². The zero-order valence-corrected chi connectivity index (χ0v) is 8.14. The SMILES string of the molecule is CC(=O)CCc1ccc(C(F)(F)F)nc1. The molecule has 2 nitrogen and oxygen atoms in total. The summed E-state index contributed by atoms with van der Waals surface area (Å²) < 4.78 is 36.4. The number of hydrogen-bond donors (Lipinski definition) is 0. The smallest absolute Gasteiger partial charge is 0.300 e. The first-order valence-corrected chi connectivity index (χ1v) is 4.41. The maximum atomic E-state index is 12.1. The maximum Gasteiger partial charge on any atom is 0.433 e. The minimum absolute atomic E-state index is 0.00916. The van der Waals surface area contributed by atoms with E-state index in [1.54, 1.807) is 0 Å². The van der Waals surface area contributed by atoms with Crippen molar-refractivity contribution >= 4 is 5.78 Å². The number of rotatable bonds is 3. The van der Waals surface area contributed by atoms with Gasteiger partial charge in [0.15, 0.2) is 0 Å². The first kappa shape index (κ1) is 11.7. The molecule has 0 unspecified atom stereocenters. The molecule has 82 valence electrons. The number of carbonyl (C=O) groups is 1. The Labute approximate surface area is 85.1 Å². The van der Waals surface area contributed by atoms with Crippen molar-refractivity contribution in [3.05, 3.63) is 29.6 Å². The summed E-state index contributed by atoms with van der Waals surface area (Å²) in [6.45, 7) is 1.44. The Kier molecular flexibility index (Phi) is 3.44. The van der Waals surface area contributed by atoms with Crippen LogP contribution in [0.3, 0.4) is 0 Å². The van der Waals surface area contributed by atoms with E-state index in [1.165, 1.54) is 13.0 Å². The van der Waals surface area contributed by atoms with E-state index in [4.69, 9.17) is 0 Å². The van der Waals surface area contributed by atoms with Crippen LogP contribution < -0.4 is 0 Å². The molecular weight excluding hydrogens is 207 g/mol. The Bertz CT molecular complexity index is 343. The average Bonchev–Trinajstić information content (AvgIpc) is 2.14. The molecule has 1 aromatic heterocycles. The molecule has 0 bridgehead atoms. The monoisotopic (exact) mass is 217 g/mol. The third-order valence-corrected chi connectivity index (χ3v) is 1.88. The van der Waals surface area contributed by atoms with Crippen molar-refractivity contribution in [1.29, 1.82) is 0 Å². The summed E-state index contributed by atoms with van der Waals surface area (Å²) in [6, 6.07) is 2.27. The van der Waals surface area contributed by atoms with E-state index in [0.29, 0.717) is 18.4 Å². The van der Waals surface area contributed by atoms with Gasteiger partial charge in [0.25, 0.3) is 0 Å². The van der Waals surface area contributed by atoms with Crippen LogP contribution >= 0.6 is 0 Å². The summed E-state index contributed by atoms with van der Waals surface area (Å²) >= 11 is 0. The van der Waals surface area contributed by atoms with E-state index in [-0.39, 0.29) is 5.78 Å². The van der Waals surface area contributed by atoms with Gasteiger partial charge in [-0.05, 0) is 25.0 Å². The molecule has 0 aromatic carbocycles. The van der Waals surface area contributed by atoms with Crippen molar-refractivity contribution in [1.82, 2.24) is 4.98 Å².